The molecule has 0 bridgehead atoms. The van der Waals surface area contributed by atoms with E-state index in [1.54, 1.807) is 24.3 Å². The topological polar surface area (TPSA) is 79.7 Å². The summed E-state index contributed by atoms with van der Waals surface area (Å²) in [6.07, 6.45) is -3.71. The van der Waals surface area contributed by atoms with E-state index in [1.165, 1.54) is 24.5 Å². The summed E-state index contributed by atoms with van der Waals surface area (Å²) in [7, 11) is 3.74. The standard InChI is InChI=1S/C22H23F3N4O3/c1-29(2)12-17(30)13-31-18-9-5-16(6-10-18)28-20-11-21(27-14-26-20)32-19-7-3-15(4-8-19)22(23,24)25/h3-11,14,17,30H,12-13H2,1-2H3,(H,26,27,28). The Kier molecular flexibility index (Phi) is 7.49. The van der Waals surface area contributed by atoms with Crippen molar-refractivity contribution in [2.24, 2.45) is 0 Å². The Labute approximate surface area is 183 Å². The van der Waals surface area contributed by atoms with Gasteiger partial charge in [-0.25, -0.2) is 9.97 Å². The number of hydrogen-bond acceptors (Lipinski definition) is 7. The Bertz CT molecular complexity index is 997. The van der Waals surface area contributed by atoms with Crippen molar-refractivity contribution in [3.8, 4) is 17.4 Å². The summed E-state index contributed by atoms with van der Waals surface area (Å²) in [5.41, 5.74) is -0.0279. The molecule has 2 aromatic carbocycles. The number of benzene rings is 2. The normalized spacial score (nSPS) is 12.5. The molecule has 10 heteroatoms. The van der Waals surface area contributed by atoms with Gasteiger partial charge in [-0.1, -0.05) is 0 Å². The third kappa shape index (κ3) is 7.10. The highest BCUT2D eigenvalue weighted by atomic mass is 19.4. The van der Waals surface area contributed by atoms with Crippen molar-refractivity contribution < 1.29 is 27.8 Å². The summed E-state index contributed by atoms with van der Waals surface area (Å²) in [5, 5.41) is 12.9. The monoisotopic (exact) mass is 448 g/mol. The fourth-order valence-electron chi connectivity index (χ4n) is 2.75. The molecule has 1 heterocycles. The molecule has 0 saturated heterocycles. The van der Waals surface area contributed by atoms with Gasteiger partial charge in [0.1, 0.15) is 36.4 Å². The molecule has 0 amide bonds. The van der Waals surface area contributed by atoms with Gasteiger partial charge in [-0.15, -0.1) is 0 Å². The molecule has 3 rings (SSSR count). The first kappa shape index (κ1) is 23.3. The SMILES string of the molecule is CN(C)CC(O)COc1ccc(Nc2cc(Oc3ccc(C(F)(F)F)cc3)ncn2)cc1. The van der Waals surface area contributed by atoms with Gasteiger partial charge in [-0.05, 0) is 62.6 Å². The van der Waals surface area contributed by atoms with Crippen LogP contribution in [0, 0.1) is 0 Å². The Balaban J connectivity index is 1.57. The van der Waals surface area contributed by atoms with Crippen molar-refractivity contribution in [1.82, 2.24) is 14.9 Å². The number of anilines is 2. The van der Waals surface area contributed by atoms with Crippen LogP contribution in [0.1, 0.15) is 5.56 Å². The first-order valence-electron chi connectivity index (χ1n) is 9.69. The van der Waals surface area contributed by atoms with Crippen molar-refractivity contribution in [3.05, 3.63) is 66.5 Å². The summed E-state index contributed by atoms with van der Waals surface area (Å²) in [5.74, 6) is 1.46. The molecule has 170 valence electrons. The van der Waals surface area contributed by atoms with Gasteiger partial charge in [0.2, 0.25) is 5.88 Å². The van der Waals surface area contributed by atoms with Gasteiger partial charge in [0, 0.05) is 18.3 Å². The van der Waals surface area contributed by atoms with E-state index >= 15 is 0 Å². The third-order valence-electron chi connectivity index (χ3n) is 4.19. The summed E-state index contributed by atoms with van der Waals surface area (Å²) >= 11 is 0. The van der Waals surface area contributed by atoms with Crippen LogP contribution in [0.4, 0.5) is 24.7 Å². The Morgan fingerprint density at radius 1 is 1.00 bits per heavy atom. The van der Waals surface area contributed by atoms with Crippen LogP contribution in [0.3, 0.4) is 0 Å². The van der Waals surface area contributed by atoms with Crippen LogP contribution in [0.15, 0.2) is 60.9 Å². The predicted molar refractivity (Wildman–Crippen MR) is 113 cm³/mol. The maximum atomic E-state index is 12.7. The zero-order valence-electron chi connectivity index (χ0n) is 17.5. The number of likely N-dealkylation sites (N-methyl/N-ethyl adjacent to an activating group) is 1. The fourth-order valence-corrected chi connectivity index (χ4v) is 2.75. The molecular formula is C22H23F3N4O3. The van der Waals surface area contributed by atoms with Crippen molar-refractivity contribution in [1.29, 1.82) is 0 Å². The van der Waals surface area contributed by atoms with Crippen LogP contribution in [0.2, 0.25) is 0 Å². The third-order valence-corrected chi connectivity index (χ3v) is 4.19. The lowest BCUT2D eigenvalue weighted by Crippen LogP contribution is -2.30. The van der Waals surface area contributed by atoms with Crippen LogP contribution in [-0.2, 0) is 6.18 Å². The van der Waals surface area contributed by atoms with E-state index in [1.807, 2.05) is 19.0 Å². The van der Waals surface area contributed by atoms with Gasteiger partial charge < -0.3 is 24.8 Å². The van der Waals surface area contributed by atoms with Gasteiger partial charge in [-0.3, -0.25) is 0 Å². The van der Waals surface area contributed by atoms with Gasteiger partial charge in [-0.2, -0.15) is 13.2 Å². The minimum absolute atomic E-state index is 0.178. The maximum absolute atomic E-state index is 12.7. The number of halogens is 3. The number of hydrogen-bond donors (Lipinski definition) is 2. The largest absolute Gasteiger partial charge is 0.491 e. The second-order valence-electron chi connectivity index (χ2n) is 7.24. The lowest BCUT2D eigenvalue weighted by atomic mass is 10.2. The van der Waals surface area contributed by atoms with Crippen LogP contribution in [0.25, 0.3) is 0 Å². The minimum Gasteiger partial charge on any atom is -0.491 e. The first-order chi connectivity index (χ1) is 15.2. The summed E-state index contributed by atoms with van der Waals surface area (Å²) < 4.78 is 49.1. The van der Waals surface area contributed by atoms with Gasteiger partial charge >= 0.3 is 6.18 Å². The van der Waals surface area contributed by atoms with E-state index in [4.69, 9.17) is 9.47 Å². The molecule has 2 N–H and O–H groups in total. The number of rotatable bonds is 9. The quantitative estimate of drug-likeness (QED) is 0.504. The highest BCUT2D eigenvalue weighted by Gasteiger charge is 2.30. The van der Waals surface area contributed by atoms with Crippen LogP contribution < -0.4 is 14.8 Å². The lowest BCUT2D eigenvalue weighted by molar-refractivity contribution is -0.137. The van der Waals surface area contributed by atoms with Crippen molar-refractivity contribution >= 4 is 11.5 Å². The van der Waals surface area contributed by atoms with Crippen molar-refractivity contribution in [2.75, 3.05) is 32.6 Å². The van der Waals surface area contributed by atoms with Crippen molar-refractivity contribution in [2.45, 2.75) is 12.3 Å². The average Bonchev–Trinajstić information content (AvgIpc) is 2.73. The van der Waals surface area contributed by atoms with E-state index < -0.39 is 17.8 Å². The second kappa shape index (κ2) is 10.3. The fraction of sp³-hybridized carbons (Fsp3) is 0.273. The predicted octanol–water partition coefficient (Wildman–Crippen LogP) is 4.33. The smallest absolute Gasteiger partial charge is 0.416 e. The molecule has 0 spiro atoms. The first-order valence-corrected chi connectivity index (χ1v) is 9.69. The van der Waals surface area contributed by atoms with E-state index in [-0.39, 0.29) is 18.2 Å². The minimum atomic E-state index is -4.41. The van der Waals surface area contributed by atoms with Crippen molar-refractivity contribution in [3.63, 3.8) is 0 Å². The molecule has 0 fully saturated rings. The van der Waals surface area contributed by atoms with E-state index in [0.29, 0.717) is 18.1 Å². The molecule has 32 heavy (non-hydrogen) atoms. The molecule has 7 nitrogen and oxygen atoms in total. The Hall–Kier alpha value is -3.37. The second-order valence-corrected chi connectivity index (χ2v) is 7.24. The lowest BCUT2D eigenvalue weighted by Gasteiger charge is -2.16. The number of aliphatic hydroxyl groups excluding tert-OH is 1. The summed E-state index contributed by atoms with van der Waals surface area (Å²) in [6.45, 7) is 0.686. The Morgan fingerprint density at radius 3 is 2.28 bits per heavy atom. The average molecular weight is 448 g/mol. The molecule has 0 aliphatic rings. The summed E-state index contributed by atoms with van der Waals surface area (Å²) in [6, 6.07) is 12.9. The zero-order chi connectivity index (χ0) is 23.1. The molecule has 1 unspecified atom stereocenters. The van der Waals surface area contributed by atoms with Gasteiger partial charge in [0.05, 0.1) is 5.56 Å². The number of ether oxygens (including phenoxy) is 2. The summed E-state index contributed by atoms with van der Waals surface area (Å²) in [4.78, 5) is 9.97. The molecule has 1 atom stereocenters. The highest BCUT2D eigenvalue weighted by Crippen LogP contribution is 2.31. The maximum Gasteiger partial charge on any atom is 0.416 e. The zero-order valence-corrected chi connectivity index (χ0v) is 17.5. The Morgan fingerprint density at radius 2 is 1.66 bits per heavy atom. The van der Waals surface area contributed by atoms with Crippen LogP contribution in [0.5, 0.6) is 17.4 Å². The number of nitrogens with zero attached hydrogens (tertiary/aromatic N) is 3. The molecule has 0 saturated carbocycles. The number of aromatic nitrogens is 2. The van der Waals surface area contributed by atoms with E-state index in [0.717, 1.165) is 17.8 Å². The molecule has 1 aromatic heterocycles. The number of alkyl halides is 3. The molecular weight excluding hydrogens is 425 g/mol. The number of aliphatic hydroxyl groups is 1. The van der Waals surface area contributed by atoms with Gasteiger partial charge in [0.25, 0.3) is 0 Å². The van der Waals surface area contributed by atoms with E-state index in [9.17, 15) is 18.3 Å². The molecule has 0 radical (unpaired) electrons. The molecule has 0 aliphatic carbocycles. The van der Waals surface area contributed by atoms with Crippen LogP contribution in [-0.4, -0.2) is 53.3 Å². The highest BCUT2D eigenvalue weighted by molar-refractivity contribution is 5.57. The van der Waals surface area contributed by atoms with Crippen LogP contribution >= 0.6 is 0 Å². The molecule has 0 aliphatic heterocycles. The van der Waals surface area contributed by atoms with E-state index in [2.05, 4.69) is 15.3 Å². The number of nitrogens with one attached hydrogen (secondary N) is 1. The molecule has 3 aromatic rings. The van der Waals surface area contributed by atoms with Gasteiger partial charge in [0.15, 0.2) is 0 Å².